The van der Waals surface area contributed by atoms with Crippen molar-refractivity contribution >= 4 is 34.2 Å². The lowest BCUT2D eigenvalue weighted by atomic mass is 9.96. The minimum Gasteiger partial charge on any atom is -0.322 e. The van der Waals surface area contributed by atoms with E-state index in [-0.39, 0.29) is 22.3 Å². The molecular formula is C21H20ClF3N4O. The van der Waals surface area contributed by atoms with Crippen molar-refractivity contribution in [3.8, 4) is 0 Å². The Balaban J connectivity index is 1.62. The Labute approximate surface area is 176 Å². The third kappa shape index (κ3) is 3.88. The molecule has 1 fully saturated rings. The number of aromatic nitrogens is 3. The Morgan fingerprint density at radius 1 is 1.17 bits per heavy atom. The Hall–Kier alpha value is -2.61. The van der Waals surface area contributed by atoms with Gasteiger partial charge in [0.25, 0.3) is 5.91 Å². The van der Waals surface area contributed by atoms with Gasteiger partial charge in [0, 0.05) is 11.9 Å². The number of alkyl halides is 3. The van der Waals surface area contributed by atoms with Crippen LogP contribution < -0.4 is 5.32 Å². The molecule has 0 aliphatic heterocycles. The molecule has 0 bridgehead atoms. The molecule has 5 nitrogen and oxygen atoms in total. The molecule has 0 unspecified atom stereocenters. The number of fused-ring (bicyclic) bond motifs is 1. The van der Waals surface area contributed by atoms with Crippen LogP contribution in [-0.2, 0) is 6.18 Å². The standard InChI is InChI=1S/C21H20ClF3N4O/c1-12-17-18(22)16(11-26-19(17)29(28-12)15-5-3-2-4-6-15)20(30)27-14-9-7-13(8-10-14)21(23,24)25/h7-11,15H,2-6H2,1H3,(H,27,30). The van der Waals surface area contributed by atoms with Crippen LogP contribution in [-0.4, -0.2) is 20.7 Å². The highest BCUT2D eigenvalue weighted by atomic mass is 35.5. The predicted octanol–water partition coefficient (Wildman–Crippen LogP) is 6.17. The Morgan fingerprint density at radius 3 is 2.47 bits per heavy atom. The van der Waals surface area contributed by atoms with Gasteiger partial charge in [0.1, 0.15) is 0 Å². The summed E-state index contributed by atoms with van der Waals surface area (Å²) in [5.41, 5.74) is 0.939. The second kappa shape index (κ2) is 7.91. The number of anilines is 1. The van der Waals surface area contributed by atoms with Gasteiger partial charge in [-0.3, -0.25) is 4.79 Å². The van der Waals surface area contributed by atoms with Gasteiger partial charge in [0.05, 0.1) is 33.3 Å². The third-order valence-corrected chi connectivity index (χ3v) is 5.86. The van der Waals surface area contributed by atoms with Gasteiger partial charge in [-0.15, -0.1) is 0 Å². The van der Waals surface area contributed by atoms with E-state index >= 15 is 0 Å². The van der Waals surface area contributed by atoms with E-state index in [1.165, 1.54) is 24.8 Å². The number of carbonyl (C=O) groups is 1. The minimum absolute atomic E-state index is 0.148. The fraction of sp³-hybridized carbons (Fsp3) is 0.381. The maximum atomic E-state index is 12.7. The molecule has 1 aliphatic carbocycles. The molecule has 1 aromatic carbocycles. The molecule has 1 saturated carbocycles. The van der Waals surface area contributed by atoms with Gasteiger partial charge < -0.3 is 5.32 Å². The zero-order valence-corrected chi connectivity index (χ0v) is 17.0. The average molecular weight is 437 g/mol. The molecular weight excluding hydrogens is 417 g/mol. The highest BCUT2D eigenvalue weighted by Crippen LogP contribution is 2.35. The predicted molar refractivity (Wildman–Crippen MR) is 109 cm³/mol. The summed E-state index contributed by atoms with van der Waals surface area (Å²) in [7, 11) is 0. The van der Waals surface area contributed by atoms with Gasteiger partial charge in [-0.05, 0) is 44.0 Å². The molecule has 1 amide bonds. The number of halogens is 4. The SMILES string of the molecule is Cc1nn(C2CCCCC2)c2ncc(C(=O)Nc3ccc(C(F)(F)F)cc3)c(Cl)c12. The van der Waals surface area contributed by atoms with E-state index in [2.05, 4.69) is 15.4 Å². The monoisotopic (exact) mass is 436 g/mol. The topological polar surface area (TPSA) is 59.8 Å². The molecule has 0 atom stereocenters. The fourth-order valence-electron chi connectivity index (χ4n) is 3.91. The summed E-state index contributed by atoms with van der Waals surface area (Å²) in [6.45, 7) is 1.83. The molecule has 0 spiro atoms. The van der Waals surface area contributed by atoms with Crippen LogP contribution in [0.4, 0.5) is 18.9 Å². The average Bonchev–Trinajstić information content (AvgIpc) is 3.06. The summed E-state index contributed by atoms with van der Waals surface area (Å²) in [4.78, 5) is 17.1. The van der Waals surface area contributed by atoms with Crippen LogP contribution in [0.25, 0.3) is 11.0 Å². The van der Waals surface area contributed by atoms with Crippen molar-refractivity contribution in [1.29, 1.82) is 0 Å². The van der Waals surface area contributed by atoms with Crippen LogP contribution >= 0.6 is 11.6 Å². The van der Waals surface area contributed by atoms with Crippen molar-refractivity contribution in [3.05, 3.63) is 52.3 Å². The molecule has 2 aromatic heterocycles. The number of nitrogens with zero attached hydrogens (tertiary/aromatic N) is 3. The van der Waals surface area contributed by atoms with E-state index in [1.54, 1.807) is 0 Å². The van der Waals surface area contributed by atoms with Crippen molar-refractivity contribution in [2.75, 3.05) is 5.32 Å². The van der Waals surface area contributed by atoms with Crippen LogP contribution in [0.1, 0.15) is 59.8 Å². The lowest BCUT2D eigenvalue weighted by molar-refractivity contribution is -0.137. The lowest BCUT2D eigenvalue weighted by Crippen LogP contribution is -2.15. The van der Waals surface area contributed by atoms with Gasteiger partial charge in [-0.2, -0.15) is 18.3 Å². The van der Waals surface area contributed by atoms with Crippen LogP contribution in [0.15, 0.2) is 30.5 Å². The second-order valence-corrected chi connectivity index (χ2v) is 7.91. The summed E-state index contributed by atoms with van der Waals surface area (Å²) in [6.07, 6.45) is 2.54. The van der Waals surface area contributed by atoms with Crippen molar-refractivity contribution in [2.24, 2.45) is 0 Å². The summed E-state index contributed by atoms with van der Waals surface area (Å²) in [5.74, 6) is -0.543. The summed E-state index contributed by atoms with van der Waals surface area (Å²) in [6, 6.07) is 4.50. The number of aryl methyl sites for hydroxylation is 1. The molecule has 158 valence electrons. The smallest absolute Gasteiger partial charge is 0.322 e. The Morgan fingerprint density at radius 2 is 1.83 bits per heavy atom. The summed E-state index contributed by atoms with van der Waals surface area (Å²) in [5, 5.41) is 8.06. The maximum Gasteiger partial charge on any atom is 0.416 e. The van der Waals surface area contributed by atoms with E-state index < -0.39 is 17.6 Å². The Kier molecular flexibility index (Phi) is 5.44. The molecule has 30 heavy (non-hydrogen) atoms. The molecule has 3 aromatic rings. The molecule has 0 saturated heterocycles. The third-order valence-electron chi connectivity index (χ3n) is 5.47. The summed E-state index contributed by atoms with van der Waals surface area (Å²) < 4.78 is 40.0. The number of rotatable bonds is 3. The highest BCUT2D eigenvalue weighted by Gasteiger charge is 2.30. The number of nitrogens with one attached hydrogen (secondary N) is 1. The summed E-state index contributed by atoms with van der Waals surface area (Å²) >= 11 is 6.54. The van der Waals surface area contributed by atoms with Gasteiger partial charge in [-0.1, -0.05) is 30.9 Å². The molecule has 1 aliphatic rings. The molecule has 2 heterocycles. The lowest BCUT2D eigenvalue weighted by Gasteiger charge is -2.22. The number of hydrogen-bond acceptors (Lipinski definition) is 3. The maximum absolute atomic E-state index is 12.7. The van der Waals surface area contributed by atoms with Gasteiger partial charge in [0.15, 0.2) is 5.65 Å². The Bertz CT molecular complexity index is 1090. The number of benzene rings is 1. The van der Waals surface area contributed by atoms with Gasteiger partial charge in [-0.25, -0.2) is 9.67 Å². The quantitative estimate of drug-likeness (QED) is 0.534. The van der Waals surface area contributed by atoms with E-state index in [9.17, 15) is 18.0 Å². The highest BCUT2D eigenvalue weighted by molar-refractivity contribution is 6.39. The molecule has 1 N–H and O–H groups in total. The normalized spacial score (nSPS) is 15.5. The fourth-order valence-corrected chi connectivity index (χ4v) is 4.27. The van der Waals surface area contributed by atoms with Crippen LogP contribution in [0.2, 0.25) is 5.02 Å². The van der Waals surface area contributed by atoms with Crippen LogP contribution in [0, 0.1) is 6.92 Å². The first-order valence-corrected chi connectivity index (χ1v) is 10.2. The second-order valence-electron chi connectivity index (χ2n) is 7.54. The van der Waals surface area contributed by atoms with Crippen molar-refractivity contribution in [1.82, 2.24) is 14.8 Å². The first-order chi connectivity index (χ1) is 14.3. The van der Waals surface area contributed by atoms with Crippen molar-refractivity contribution in [3.63, 3.8) is 0 Å². The number of amides is 1. The number of carbonyl (C=O) groups excluding carboxylic acids is 1. The molecule has 4 rings (SSSR count). The van der Waals surface area contributed by atoms with Crippen molar-refractivity contribution < 1.29 is 18.0 Å². The van der Waals surface area contributed by atoms with Gasteiger partial charge >= 0.3 is 6.18 Å². The number of pyridine rings is 1. The van der Waals surface area contributed by atoms with Crippen LogP contribution in [0.3, 0.4) is 0 Å². The first-order valence-electron chi connectivity index (χ1n) is 9.77. The largest absolute Gasteiger partial charge is 0.416 e. The van der Waals surface area contributed by atoms with Crippen LogP contribution in [0.5, 0.6) is 0 Å². The van der Waals surface area contributed by atoms with Crippen molar-refractivity contribution in [2.45, 2.75) is 51.2 Å². The number of hydrogen-bond donors (Lipinski definition) is 1. The van der Waals surface area contributed by atoms with E-state index in [0.29, 0.717) is 16.7 Å². The molecule has 9 heteroatoms. The zero-order valence-electron chi connectivity index (χ0n) is 16.3. The minimum atomic E-state index is -4.43. The first kappa shape index (κ1) is 20.7. The zero-order chi connectivity index (χ0) is 21.5. The van der Waals surface area contributed by atoms with Gasteiger partial charge in [0.2, 0.25) is 0 Å². The van der Waals surface area contributed by atoms with E-state index in [1.807, 2.05) is 11.6 Å². The molecule has 0 radical (unpaired) electrons. The van der Waals surface area contributed by atoms with E-state index in [4.69, 9.17) is 11.6 Å². The van der Waals surface area contributed by atoms with E-state index in [0.717, 1.165) is 37.8 Å².